The lowest BCUT2D eigenvalue weighted by Crippen LogP contribution is -2.24. The summed E-state index contributed by atoms with van der Waals surface area (Å²) in [4.78, 5) is 30.6. The summed E-state index contributed by atoms with van der Waals surface area (Å²) in [5.74, 6) is 0.348. The van der Waals surface area contributed by atoms with E-state index in [2.05, 4.69) is 20.5 Å². The van der Waals surface area contributed by atoms with Crippen molar-refractivity contribution in [3.63, 3.8) is 0 Å². The molecule has 0 aliphatic carbocycles. The van der Waals surface area contributed by atoms with E-state index < -0.39 is 11.6 Å². The number of amides is 1. The molecule has 3 rings (SSSR count). The molecule has 0 bridgehead atoms. The Morgan fingerprint density at radius 2 is 1.90 bits per heavy atom. The van der Waals surface area contributed by atoms with Gasteiger partial charge in [-0.2, -0.15) is 10.1 Å². The average molecular weight is 441 g/mol. The van der Waals surface area contributed by atoms with Crippen LogP contribution in [0.4, 0.5) is 0 Å². The first-order chi connectivity index (χ1) is 15.0. The smallest absolute Gasteiger partial charge is 0.346 e. The van der Waals surface area contributed by atoms with Crippen molar-refractivity contribution in [2.24, 2.45) is 5.10 Å². The van der Waals surface area contributed by atoms with Crippen LogP contribution in [-0.2, 0) is 0 Å². The van der Waals surface area contributed by atoms with Crippen LogP contribution in [0.2, 0.25) is 5.02 Å². The van der Waals surface area contributed by atoms with Gasteiger partial charge in [-0.15, -0.1) is 0 Å². The van der Waals surface area contributed by atoms with Crippen molar-refractivity contribution in [3.05, 3.63) is 75.3 Å². The van der Waals surface area contributed by atoms with Gasteiger partial charge in [-0.05, 0) is 37.6 Å². The Labute approximate surface area is 183 Å². The number of nitrogens with zero attached hydrogens (tertiary/aromatic N) is 2. The highest BCUT2D eigenvalue weighted by molar-refractivity contribution is 6.32. The topological polar surface area (TPSA) is 106 Å². The Morgan fingerprint density at radius 1 is 1.16 bits per heavy atom. The lowest BCUT2D eigenvalue weighted by molar-refractivity contribution is 0.0949. The highest BCUT2D eigenvalue weighted by atomic mass is 35.5. The number of nitrogens with one attached hydrogen (secondary N) is 2. The second kappa shape index (κ2) is 10.4. The molecule has 0 aliphatic rings. The van der Waals surface area contributed by atoms with Crippen LogP contribution in [0.3, 0.4) is 0 Å². The summed E-state index contributed by atoms with van der Waals surface area (Å²) in [7, 11) is 0. The van der Waals surface area contributed by atoms with Crippen LogP contribution < -0.4 is 20.6 Å². The third kappa shape index (κ3) is 5.70. The molecular weight excluding hydrogens is 420 g/mol. The summed E-state index contributed by atoms with van der Waals surface area (Å²) < 4.78 is 11.1. The summed E-state index contributed by atoms with van der Waals surface area (Å²) >= 11 is 6.28. The molecule has 1 aromatic heterocycles. The van der Waals surface area contributed by atoms with Gasteiger partial charge in [-0.3, -0.25) is 4.79 Å². The molecule has 160 valence electrons. The fraction of sp³-hybridized carbons (Fsp3) is 0.182. The first-order valence-corrected chi connectivity index (χ1v) is 9.99. The Balaban J connectivity index is 1.78. The zero-order valence-corrected chi connectivity index (χ0v) is 17.8. The van der Waals surface area contributed by atoms with Crippen LogP contribution in [0.15, 0.2) is 58.4 Å². The van der Waals surface area contributed by atoms with Gasteiger partial charge in [0.05, 0.1) is 30.1 Å². The van der Waals surface area contributed by atoms with Gasteiger partial charge >= 0.3 is 5.69 Å². The van der Waals surface area contributed by atoms with Crippen molar-refractivity contribution < 1.29 is 14.3 Å². The van der Waals surface area contributed by atoms with Crippen molar-refractivity contribution in [3.8, 4) is 22.8 Å². The molecule has 3 aromatic rings. The monoisotopic (exact) mass is 440 g/mol. The van der Waals surface area contributed by atoms with Crippen molar-refractivity contribution in [1.29, 1.82) is 0 Å². The van der Waals surface area contributed by atoms with Crippen molar-refractivity contribution in [2.45, 2.75) is 13.8 Å². The van der Waals surface area contributed by atoms with Crippen molar-refractivity contribution >= 4 is 23.7 Å². The van der Waals surface area contributed by atoms with Gasteiger partial charge in [0.1, 0.15) is 5.69 Å². The Bertz CT molecular complexity index is 1150. The van der Waals surface area contributed by atoms with Crippen LogP contribution in [0.1, 0.15) is 29.9 Å². The first-order valence-electron chi connectivity index (χ1n) is 9.61. The molecule has 8 nitrogen and oxygen atoms in total. The first kappa shape index (κ1) is 22.0. The quantitative estimate of drug-likeness (QED) is 0.411. The van der Waals surface area contributed by atoms with Crippen LogP contribution in [0.25, 0.3) is 11.3 Å². The maximum absolute atomic E-state index is 12.5. The van der Waals surface area contributed by atoms with Gasteiger partial charge in [0.2, 0.25) is 0 Å². The highest BCUT2D eigenvalue weighted by Crippen LogP contribution is 2.36. The number of hydrogen-bond donors (Lipinski definition) is 2. The molecule has 0 fully saturated rings. The summed E-state index contributed by atoms with van der Waals surface area (Å²) in [6.07, 6.45) is 1.42. The minimum Gasteiger partial charge on any atom is -0.490 e. The van der Waals surface area contributed by atoms with E-state index in [4.69, 9.17) is 21.1 Å². The van der Waals surface area contributed by atoms with Gasteiger partial charge in [-0.25, -0.2) is 10.2 Å². The molecule has 31 heavy (non-hydrogen) atoms. The number of hydrazone groups is 1. The molecule has 2 N–H and O–H groups in total. The normalized spacial score (nSPS) is 10.8. The molecule has 0 saturated heterocycles. The Kier molecular flexibility index (Phi) is 7.40. The number of rotatable bonds is 8. The van der Waals surface area contributed by atoms with Crippen LogP contribution >= 0.6 is 11.6 Å². The molecule has 0 unspecified atom stereocenters. The number of ether oxygens (including phenoxy) is 2. The minimum absolute atomic E-state index is 0.0377. The van der Waals surface area contributed by atoms with E-state index in [1.54, 1.807) is 24.3 Å². The van der Waals surface area contributed by atoms with Gasteiger partial charge in [0.25, 0.3) is 5.91 Å². The van der Waals surface area contributed by atoms with E-state index in [1.807, 2.05) is 32.0 Å². The van der Waals surface area contributed by atoms with Gasteiger partial charge in [-0.1, -0.05) is 41.9 Å². The van der Waals surface area contributed by atoms with Crippen molar-refractivity contribution in [2.75, 3.05) is 13.2 Å². The molecule has 0 atom stereocenters. The number of benzene rings is 2. The number of H-pyrrole nitrogens is 1. The lowest BCUT2D eigenvalue weighted by Gasteiger charge is -2.13. The average Bonchev–Trinajstić information content (AvgIpc) is 2.76. The van der Waals surface area contributed by atoms with E-state index in [0.717, 1.165) is 5.56 Å². The SMILES string of the molecule is CCOc1cc(/C=N/NC(=O)c2cc(-c3ccccc3)nc(=O)[nH]2)cc(Cl)c1OCC. The second-order valence-electron chi connectivity index (χ2n) is 6.25. The van der Waals surface area contributed by atoms with E-state index in [-0.39, 0.29) is 5.69 Å². The van der Waals surface area contributed by atoms with E-state index in [9.17, 15) is 9.59 Å². The molecule has 0 spiro atoms. The molecule has 0 saturated carbocycles. The van der Waals surface area contributed by atoms with Crippen LogP contribution in [-0.4, -0.2) is 35.3 Å². The Morgan fingerprint density at radius 3 is 2.61 bits per heavy atom. The zero-order valence-electron chi connectivity index (χ0n) is 17.0. The van der Waals surface area contributed by atoms with Crippen molar-refractivity contribution in [1.82, 2.24) is 15.4 Å². The molecule has 0 aliphatic heterocycles. The summed E-state index contributed by atoms with van der Waals surface area (Å²) in [6.45, 7) is 4.58. The van der Waals surface area contributed by atoms with Gasteiger partial charge in [0, 0.05) is 5.56 Å². The van der Waals surface area contributed by atoms with Crippen LogP contribution in [0, 0.1) is 0 Å². The molecular formula is C22H21ClN4O4. The fourth-order valence-electron chi connectivity index (χ4n) is 2.77. The fourth-order valence-corrected chi connectivity index (χ4v) is 3.05. The largest absolute Gasteiger partial charge is 0.490 e. The number of aromatic nitrogens is 2. The predicted octanol–water partition coefficient (Wildman–Crippen LogP) is 3.65. The highest BCUT2D eigenvalue weighted by Gasteiger charge is 2.12. The third-order valence-electron chi connectivity index (χ3n) is 4.06. The second-order valence-corrected chi connectivity index (χ2v) is 6.65. The predicted molar refractivity (Wildman–Crippen MR) is 119 cm³/mol. The summed E-state index contributed by atoms with van der Waals surface area (Å²) in [5, 5.41) is 4.31. The lowest BCUT2D eigenvalue weighted by atomic mass is 10.1. The number of carbonyl (C=O) groups is 1. The maximum Gasteiger partial charge on any atom is 0.346 e. The molecule has 1 amide bonds. The maximum atomic E-state index is 12.5. The van der Waals surface area contributed by atoms with E-state index in [0.29, 0.717) is 41.0 Å². The van der Waals surface area contributed by atoms with Gasteiger partial charge in [0.15, 0.2) is 11.5 Å². The van der Waals surface area contributed by atoms with E-state index in [1.165, 1.54) is 12.3 Å². The zero-order chi connectivity index (χ0) is 22.2. The van der Waals surface area contributed by atoms with Gasteiger partial charge < -0.3 is 14.5 Å². The van der Waals surface area contributed by atoms with E-state index >= 15 is 0 Å². The summed E-state index contributed by atoms with van der Waals surface area (Å²) in [5.41, 5.74) is 3.50. The third-order valence-corrected chi connectivity index (χ3v) is 4.34. The number of aromatic amines is 1. The number of hydrogen-bond acceptors (Lipinski definition) is 6. The number of halogens is 1. The molecule has 1 heterocycles. The molecule has 9 heteroatoms. The molecule has 2 aromatic carbocycles. The Hall–Kier alpha value is -3.65. The van der Waals surface area contributed by atoms with Crippen LogP contribution in [0.5, 0.6) is 11.5 Å². The standard InChI is InChI=1S/C22H21ClN4O4/c1-3-30-19-11-14(10-16(23)20(19)31-4-2)13-24-27-21(28)18-12-17(25-22(29)26-18)15-8-6-5-7-9-15/h5-13H,3-4H2,1-2H3,(H,27,28)(H,25,26,29)/b24-13+. The number of carbonyl (C=O) groups excluding carboxylic acids is 1. The minimum atomic E-state index is -0.630. The summed E-state index contributed by atoms with van der Waals surface area (Å²) in [6, 6.07) is 13.9. The molecule has 0 radical (unpaired) electrons.